The predicted octanol–water partition coefficient (Wildman–Crippen LogP) is 4.19. The monoisotopic (exact) mass is 453 g/mol. The molecule has 0 bridgehead atoms. The van der Waals surface area contributed by atoms with Crippen molar-refractivity contribution in [2.75, 3.05) is 42.6 Å². The summed E-state index contributed by atoms with van der Waals surface area (Å²) in [4.78, 5) is 29.3. The number of rotatable bonds is 5. The molecule has 0 saturated carbocycles. The number of aromatic nitrogens is 1. The summed E-state index contributed by atoms with van der Waals surface area (Å²) in [6, 6.07) is 9.78. The first-order valence-electron chi connectivity index (χ1n) is 11.2. The molecule has 32 heavy (non-hydrogen) atoms. The van der Waals surface area contributed by atoms with Gasteiger partial charge in [-0.2, -0.15) is 0 Å². The van der Waals surface area contributed by atoms with Crippen molar-refractivity contribution in [3.05, 3.63) is 52.8 Å². The van der Waals surface area contributed by atoms with Gasteiger partial charge in [0.15, 0.2) is 5.84 Å². The molecular weight excluding hydrogens is 426 g/mol. The molecule has 1 atom stereocenters. The molecule has 5 rings (SSSR count). The van der Waals surface area contributed by atoms with Gasteiger partial charge in [0, 0.05) is 18.1 Å². The number of aliphatic imine (C=N–C) groups is 1. The van der Waals surface area contributed by atoms with E-state index in [0.29, 0.717) is 43.1 Å². The van der Waals surface area contributed by atoms with Gasteiger partial charge in [0.05, 0.1) is 49.9 Å². The first-order chi connectivity index (χ1) is 15.5. The largest absolute Gasteiger partial charge is 0.378 e. The van der Waals surface area contributed by atoms with E-state index in [1.165, 1.54) is 0 Å². The molecule has 0 spiro atoms. The molecular formula is C24H28ClN5O2. The van der Waals surface area contributed by atoms with E-state index in [0.717, 1.165) is 42.1 Å². The minimum Gasteiger partial charge on any atom is -0.378 e. The van der Waals surface area contributed by atoms with Gasteiger partial charge < -0.3 is 9.64 Å². The van der Waals surface area contributed by atoms with E-state index < -0.39 is 0 Å². The van der Waals surface area contributed by atoms with Crippen molar-refractivity contribution >= 4 is 34.8 Å². The van der Waals surface area contributed by atoms with Gasteiger partial charge in [-0.1, -0.05) is 37.6 Å². The predicted molar refractivity (Wildman–Crippen MR) is 127 cm³/mol. The quantitative estimate of drug-likeness (QED) is 0.681. The van der Waals surface area contributed by atoms with E-state index in [9.17, 15) is 4.79 Å². The molecule has 168 valence electrons. The highest BCUT2D eigenvalue weighted by Gasteiger charge is 2.41. The maximum absolute atomic E-state index is 13.6. The fourth-order valence-electron chi connectivity index (χ4n) is 4.60. The van der Waals surface area contributed by atoms with Crippen molar-refractivity contribution in [1.82, 2.24) is 9.88 Å². The number of hydrogen-bond donors (Lipinski definition) is 0. The Bertz CT molecular complexity index is 1030. The van der Waals surface area contributed by atoms with Gasteiger partial charge in [-0.05, 0) is 36.1 Å². The number of fused-ring (bicyclic) bond motifs is 3. The van der Waals surface area contributed by atoms with E-state index in [2.05, 4.69) is 24.8 Å². The van der Waals surface area contributed by atoms with Crippen LogP contribution in [0.4, 0.5) is 16.2 Å². The molecule has 1 unspecified atom stereocenters. The van der Waals surface area contributed by atoms with E-state index in [4.69, 9.17) is 26.3 Å². The number of carbonyl (C=O) groups excluding carboxylic acids is 1. The van der Waals surface area contributed by atoms with Crippen LogP contribution in [0.25, 0.3) is 0 Å². The van der Waals surface area contributed by atoms with Crippen LogP contribution >= 0.6 is 11.6 Å². The van der Waals surface area contributed by atoms with Crippen molar-refractivity contribution in [1.29, 1.82) is 0 Å². The number of amidine groups is 1. The third kappa shape index (κ3) is 4.07. The van der Waals surface area contributed by atoms with Gasteiger partial charge >= 0.3 is 6.03 Å². The van der Waals surface area contributed by atoms with Gasteiger partial charge in [0.1, 0.15) is 5.69 Å². The Balaban J connectivity index is 1.54. The van der Waals surface area contributed by atoms with Crippen molar-refractivity contribution in [2.24, 2.45) is 10.9 Å². The molecule has 1 aromatic carbocycles. The number of anilines is 2. The van der Waals surface area contributed by atoms with E-state index >= 15 is 0 Å². The molecule has 1 saturated heterocycles. The summed E-state index contributed by atoms with van der Waals surface area (Å²) in [6.07, 6.45) is 2.85. The number of pyridine rings is 1. The maximum atomic E-state index is 13.6. The van der Waals surface area contributed by atoms with Gasteiger partial charge in [-0.15, -0.1) is 0 Å². The SMILES string of the molecule is CC(C)CC1CN2C(=O)N(Cc3ccc(Cl)cc3)c3cc(N4CCOCC4)cnc3C2=N1. The molecule has 1 aromatic heterocycles. The number of ether oxygens (including phenoxy) is 1. The van der Waals surface area contributed by atoms with Crippen LogP contribution in [-0.2, 0) is 11.3 Å². The average Bonchev–Trinajstić information content (AvgIpc) is 3.21. The first kappa shape index (κ1) is 21.2. The Kier molecular flexibility index (Phi) is 5.78. The summed E-state index contributed by atoms with van der Waals surface area (Å²) in [5.41, 5.74) is 3.62. The van der Waals surface area contributed by atoms with Crippen molar-refractivity contribution in [3.8, 4) is 0 Å². The third-order valence-corrected chi connectivity index (χ3v) is 6.40. The molecule has 0 aliphatic carbocycles. The molecule has 1 fully saturated rings. The van der Waals surface area contributed by atoms with Crippen LogP contribution < -0.4 is 9.80 Å². The highest BCUT2D eigenvalue weighted by Crippen LogP contribution is 2.35. The second-order valence-electron chi connectivity index (χ2n) is 9.00. The summed E-state index contributed by atoms with van der Waals surface area (Å²) >= 11 is 6.07. The zero-order valence-electron chi connectivity index (χ0n) is 18.5. The van der Waals surface area contributed by atoms with Crippen molar-refractivity contribution in [3.63, 3.8) is 0 Å². The van der Waals surface area contributed by atoms with Crippen molar-refractivity contribution in [2.45, 2.75) is 32.9 Å². The number of hydrogen-bond acceptors (Lipinski definition) is 5. The number of morpholine rings is 1. The molecule has 0 N–H and O–H groups in total. The molecule has 2 aromatic rings. The Morgan fingerprint density at radius 2 is 1.94 bits per heavy atom. The first-order valence-corrected chi connectivity index (χ1v) is 11.6. The van der Waals surface area contributed by atoms with Crippen LogP contribution in [0.15, 0.2) is 41.5 Å². The van der Waals surface area contributed by atoms with Crippen LogP contribution in [0.3, 0.4) is 0 Å². The molecule has 7 nitrogen and oxygen atoms in total. The Morgan fingerprint density at radius 3 is 2.66 bits per heavy atom. The van der Waals surface area contributed by atoms with Gasteiger partial charge in [0.25, 0.3) is 0 Å². The lowest BCUT2D eigenvalue weighted by atomic mass is 10.0. The number of urea groups is 1. The molecule has 3 aliphatic rings. The lowest BCUT2D eigenvalue weighted by molar-refractivity contribution is 0.122. The second kappa shape index (κ2) is 8.71. The summed E-state index contributed by atoms with van der Waals surface area (Å²) < 4.78 is 5.50. The summed E-state index contributed by atoms with van der Waals surface area (Å²) in [5, 5.41) is 0.681. The Hall–Kier alpha value is -2.64. The van der Waals surface area contributed by atoms with Crippen LogP contribution in [0.5, 0.6) is 0 Å². The number of benzene rings is 1. The van der Waals surface area contributed by atoms with Crippen LogP contribution in [-0.4, -0.2) is 60.6 Å². The van der Waals surface area contributed by atoms with Crippen LogP contribution in [0, 0.1) is 5.92 Å². The Labute approximate surface area is 193 Å². The van der Waals surface area contributed by atoms with Gasteiger partial charge in [-0.25, -0.2) is 9.78 Å². The summed E-state index contributed by atoms with van der Waals surface area (Å²) in [7, 11) is 0. The van der Waals surface area contributed by atoms with Crippen LogP contribution in [0.2, 0.25) is 5.02 Å². The molecule has 8 heteroatoms. The topological polar surface area (TPSA) is 61.3 Å². The van der Waals surface area contributed by atoms with E-state index in [1.54, 1.807) is 4.90 Å². The molecule has 3 aliphatic heterocycles. The number of nitrogens with zero attached hydrogens (tertiary/aromatic N) is 5. The highest BCUT2D eigenvalue weighted by atomic mass is 35.5. The fourth-order valence-corrected chi connectivity index (χ4v) is 4.72. The zero-order chi connectivity index (χ0) is 22.2. The van der Waals surface area contributed by atoms with Gasteiger partial charge in [-0.3, -0.25) is 14.8 Å². The standard InChI is InChI=1S/C24H28ClN5O2/c1-16(2)11-19-15-30-23(27-19)22-21(12-20(13-26-22)28-7-9-32-10-8-28)29(24(30)31)14-17-3-5-18(25)6-4-17/h3-6,12-13,16,19H,7-11,14-15H2,1-2H3. The minimum atomic E-state index is -0.0432. The maximum Gasteiger partial charge on any atom is 0.330 e. The van der Waals surface area contributed by atoms with Gasteiger partial charge in [0.2, 0.25) is 0 Å². The molecule has 0 radical (unpaired) electrons. The summed E-state index contributed by atoms with van der Waals surface area (Å²) in [6.45, 7) is 8.46. The highest BCUT2D eigenvalue weighted by molar-refractivity contribution is 6.30. The molecule has 2 amide bonds. The summed E-state index contributed by atoms with van der Waals surface area (Å²) in [5.74, 6) is 1.22. The number of amides is 2. The number of halogens is 1. The lowest BCUT2D eigenvalue weighted by Gasteiger charge is -2.36. The van der Waals surface area contributed by atoms with Crippen LogP contribution in [0.1, 0.15) is 31.5 Å². The Morgan fingerprint density at radius 1 is 1.19 bits per heavy atom. The second-order valence-corrected chi connectivity index (χ2v) is 9.44. The smallest absolute Gasteiger partial charge is 0.330 e. The minimum absolute atomic E-state index is 0.0432. The third-order valence-electron chi connectivity index (χ3n) is 6.15. The lowest BCUT2D eigenvalue weighted by Crippen LogP contribution is -2.50. The molecule has 4 heterocycles. The van der Waals surface area contributed by atoms with Crippen molar-refractivity contribution < 1.29 is 9.53 Å². The van der Waals surface area contributed by atoms with E-state index in [-0.39, 0.29) is 12.1 Å². The van der Waals surface area contributed by atoms with E-state index in [1.807, 2.05) is 35.4 Å². The average molecular weight is 454 g/mol. The number of carbonyl (C=O) groups is 1. The zero-order valence-corrected chi connectivity index (χ0v) is 19.3. The fraction of sp³-hybridized carbons (Fsp3) is 0.458. The normalized spacial score (nSPS) is 20.5.